The van der Waals surface area contributed by atoms with Crippen molar-refractivity contribution in [1.82, 2.24) is 4.90 Å². The SMILES string of the molecule is CCCCCCCCCCCCCCCCN(CCCCC(C)C)CCCCC(C)C. The van der Waals surface area contributed by atoms with Crippen LogP contribution in [0.1, 0.15) is 163 Å². The average molecular weight is 438 g/mol. The van der Waals surface area contributed by atoms with Gasteiger partial charge >= 0.3 is 0 Å². The van der Waals surface area contributed by atoms with Gasteiger partial charge in [-0.15, -0.1) is 0 Å². The fourth-order valence-corrected chi connectivity index (χ4v) is 4.64. The highest BCUT2D eigenvalue weighted by Gasteiger charge is 2.06. The van der Waals surface area contributed by atoms with Crippen LogP contribution in [0.5, 0.6) is 0 Å². The highest BCUT2D eigenvalue weighted by atomic mass is 15.1. The fraction of sp³-hybridized carbons (Fsp3) is 1.00. The smallest absolute Gasteiger partial charge is 0.00187 e. The first-order valence-electron chi connectivity index (χ1n) is 14.8. The van der Waals surface area contributed by atoms with Crippen molar-refractivity contribution < 1.29 is 0 Å². The lowest BCUT2D eigenvalue weighted by Gasteiger charge is -2.23. The first-order valence-corrected chi connectivity index (χ1v) is 14.8. The molecular weight excluding hydrogens is 374 g/mol. The molecule has 1 nitrogen and oxygen atoms in total. The van der Waals surface area contributed by atoms with Crippen molar-refractivity contribution in [2.75, 3.05) is 19.6 Å². The van der Waals surface area contributed by atoms with Gasteiger partial charge < -0.3 is 4.90 Å². The Morgan fingerprint density at radius 3 is 1.00 bits per heavy atom. The van der Waals surface area contributed by atoms with Gasteiger partial charge in [-0.2, -0.15) is 0 Å². The van der Waals surface area contributed by atoms with Gasteiger partial charge in [-0.3, -0.25) is 0 Å². The summed E-state index contributed by atoms with van der Waals surface area (Å²) in [4.78, 5) is 2.79. The van der Waals surface area contributed by atoms with E-state index in [1.807, 2.05) is 0 Å². The summed E-state index contributed by atoms with van der Waals surface area (Å²) in [6.45, 7) is 15.8. The molecule has 0 aliphatic rings. The van der Waals surface area contributed by atoms with E-state index in [1.165, 1.54) is 148 Å². The topological polar surface area (TPSA) is 3.24 Å². The second-order valence-corrected chi connectivity index (χ2v) is 11.2. The molecule has 0 spiro atoms. The van der Waals surface area contributed by atoms with E-state index in [-0.39, 0.29) is 0 Å². The van der Waals surface area contributed by atoms with Crippen molar-refractivity contribution in [3.05, 3.63) is 0 Å². The standard InChI is InChI=1S/C30H63N/c1-6-7-8-9-10-11-12-13-14-15-16-17-18-21-26-31(27-22-19-24-29(2)3)28-23-20-25-30(4)5/h29-30H,6-28H2,1-5H3. The van der Waals surface area contributed by atoms with Crippen molar-refractivity contribution in [2.24, 2.45) is 11.8 Å². The van der Waals surface area contributed by atoms with E-state index in [2.05, 4.69) is 39.5 Å². The van der Waals surface area contributed by atoms with Gasteiger partial charge in [-0.05, 0) is 50.7 Å². The van der Waals surface area contributed by atoms with E-state index in [0.29, 0.717) is 0 Å². The van der Waals surface area contributed by atoms with Crippen LogP contribution in [-0.4, -0.2) is 24.5 Å². The zero-order valence-corrected chi connectivity index (χ0v) is 22.9. The van der Waals surface area contributed by atoms with Gasteiger partial charge in [0.25, 0.3) is 0 Å². The monoisotopic (exact) mass is 437 g/mol. The molecular formula is C30H63N. The molecule has 0 amide bonds. The average Bonchev–Trinajstić information content (AvgIpc) is 2.73. The molecule has 0 aliphatic heterocycles. The fourth-order valence-electron chi connectivity index (χ4n) is 4.64. The third-order valence-electron chi connectivity index (χ3n) is 6.84. The number of unbranched alkanes of at least 4 members (excludes halogenated alkanes) is 15. The van der Waals surface area contributed by atoms with Crippen LogP contribution < -0.4 is 0 Å². The van der Waals surface area contributed by atoms with Crippen molar-refractivity contribution in [3.8, 4) is 0 Å². The molecule has 188 valence electrons. The van der Waals surface area contributed by atoms with Crippen LogP contribution >= 0.6 is 0 Å². The summed E-state index contributed by atoms with van der Waals surface area (Å²) in [5.74, 6) is 1.73. The molecule has 0 aliphatic carbocycles. The number of hydrogen-bond acceptors (Lipinski definition) is 1. The summed E-state index contributed by atoms with van der Waals surface area (Å²) in [5, 5.41) is 0. The molecule has 0 aromatic rings. The van der Waals surface area contributed by atoms with Gasteiger partial charge in [0.15, 0.2) is 0 Å². The lowest BCUT2D eigenvalue weighted by atomic mass is 10.0. The Kier molecular flexibility index (Phi) is 24.6. The zero-order chi connectivity index (χ0) is 23.0. The molecule has 0 rings (SSSR count). The summed E-state index contributed by atoms with van der Waals surface area (Å²) >= 11 is 0. The lowest BCUT2D eigenvalue weighted by molar-refractivity contribution is 0.251. The Labute approximate surface area is 199 Å². The van der Waals surface area contributed by atoms with E-state index >= 15 is 0 Å². The van der Waals surface area contributed by atoms with E-state index in [9.17, 15) is 0 Å². The Balaban J connectivity index is 3.63. The van der Waals surface area contributed by atoms with Crippen molar-refractivity contribution in [2.45, 2.75) is 163 Å². The zero-order valence-electron chi connectivity index (χ0n) is 22.9. The maximum absolute atomic E-state index is 2.79. The molecule has 0 saturated carbocycles. The van der Waals surface area contributed by atoms with Gasteiger partial charge in [0.2, 0.25) is 0 Å². The van der Waals surface area contributed by atoms with Crippen LogP contribution in [0, 0.1) is 11.8 Å². The molecule has 0 N–H and O–H groups in total. The highest BCUT2D eigenvalue weighted by Crippen LogP contribution is 2.14. The summed E-state index contributed by atoms with van der Waals surface area (Å²) in [7, 11) is 0. The van der Waals surface area contributed by atoms with E-state index < -0.39 is 0 Å². The maximum Gasteiger partial charge on any atom is -0.00187 e. The molecule has 0 heterocycles. The summed E-state index contributed by atoms with van der Waals surface area (Å²) in [6.07, 6.45) is 28.9. The van der Waals surface area contributed by atoms with Gasteiger partial charge in [0.05, 0.1) is 0 Å². The van der Waals surface area contributed by atoms with Crippen LogP contribution in [0.4, 0.5) is 0 Å². The van der Waals surface area contributed by atoms with E-state index in [0.717, 1.165) is 11.8 Å². The molecule has 0 saturated heterocycles. The number of nitrogens with zero attached hydrogens (tertiary/aromatic N) is 1. The predicted octanol–water partition coefficient (Wildman–Crippen LogP) is 10.4. The van der Waals surface area contributed by atoms with E-state index in [4.69, 9.17) is 0 Å². The van der Waals surface area contributed by atoms with Crippen molar-refractivity contribution in [1.29, 1.82) is 0 Å². The van der Waals surface area contributed by atoms with Crippen molar-refractivity contribution in [3.63, 3.8) is 0 Å². The second kappa shape index (κ2) is 24.6. The van der Waals surface area contributed by atoms with E-state index in [1.54, 1.807) is 0 Å². The Morgan fingerprint density at radius 1 is 0.387 bits per heavy atom. The van der Waals surface area contributed by atoms with Gasteiger partial charge in [0, 0.05) is 0 Å². The van der Waals surface area contributed by atoms with Gasteiger partial charge in [0.1, 0.15) is 0 Å². The maximum atomic E-state index is 2.79. The molecule has 0 radical (unpaired) electrons. The minimum Gasteiger partial charge on any atom is -0.303 e. The molecule has 1 heteroatoms. The third-order valence-corrected chi connectivity index (χ3v) is 6.84. The quantitative estimate of drug-likeness (QED) is 0.128. The largest absolute Gasteiger partial charge is 0.303 e. The molecule has 0 unspecified atom stereocenters. The van der Waals surface area contributed by atoms with Crippen LogP contribution in [0.3, 0.4) is 0 Å². The summed E-state index contributed by atoms with van der Waals surface area (Å²) in [5.41, 5.74) is 0. The Morgan fingerprint density at radius 2 is 0.677 bits per heavy atom. The second-order valence-electron chi connectivity index (χ2n) is 11.2. The van der Waals surface area contributed by atoms with Crippen molar-refractivity contribution >= 4 is 0 Å². The molecule has 0 fully saturated rings. The minimum atomic E-state index is 0.866. The van der Waals surface area contributed by atoms with Crippen LogP contribution in [-0.2, 0) is 0 Å². The highest BCUT2D eigenvalue weighted by molar-refractivity contribution is 4.61. The van der Waals surface area contributed by atoms with Crippen LogP contribution in [0.2, 0.25) is 0 Å². The lowest BCUT2D eigenvalue weighted by Crippen LogP contribution is -2.27. The Hall–Kier alpha value is -0.0400. The van der Waals surface area contributed by atoms with Gasteiger partial charge in [-0.25, -0.2) is 0 Å². The Bertz CT molecular complexity index is 306. The summed E-state index contributed by atoms with van der Waals surface area (Å²) in [6, 6.07) is 0. The predicted molar refractivity (Wildman–Crippen MR) is 144 cm³/mol. The molecule has 31 heavy (non-hydrogen) atoms. The molecule has 0 atom stereocenters. The van der Waals surface area contributed by atoms with Crippen LogP contribution in [0.25, 0.3) is 0 Å². The third kappa shape index (κ3) is 26.1. The molecule has 0 aromatic carbocycles. The minimum absolute atomic E-state index is 0.866. The van der Waals surface area contributed by atoms with Crippen LogP contribution in [0.15, 0.2) is 0 Å². The molecule has 0 aromatic heterocycles. The number of hydrogen-bond donors (Lipinski definition) is 0. The van der Waals surface area contributed by atoms with Gasteiger partial charge in [-0.1, -0.05) is 144 Å². The first-order chi connectivity index (χ1) is 15.1. The summed E-state index contributed by atoms with van der Waals surface area (Å²) < 4.78 is 0. The first kappa shape index (κ1) is 31.0. The molecule has 0 bridgehead atoms. The normalized spacial score (nSPS) is 12.0. The number of rotatable bonds is 25.